The van der Waals surface area contributed by atoms with E-state index in [-0.39, 0.29) is 12.0 Å². The predicted octanol–water partition coefficient (Wildman–Crippen LogP) is 4.66. The number of amides is 1. The summed E-state index contributed by atoms with van der Waals surface area (Å²) in [5, 5.41) is 0. The molecule has 1 fully saturated rings. The molecule has 5 heteroatoms. The highest BCUT2D eigenvalue weighted by Crippen LogP contribution is 2.31. The first-order valence-corrected chi connectivity index (χ1v) is 8.80. The second-order valence-electron chi connectivity index (χ2n) is 5.48. The standard InChI is InChI=1S/C19H17NO2S2/c1-13(15-6-4-3-5-7-15)22-16-10-8-14(9-11-16)12-17-18(21)20(2)19(23)24-17/h3-13H,1-2H3/b17-12-. The van der Waals surface area contributed by atoms with Crippen molar-refractivity contribution in [2.24, 2.45) is 0 Å². The Hall–Kier alpha value is -2.11. The number of hydrogen-bond donors (Lipinski definition) is 0. The maximum Gasteiger partial charge on any atom is 0.265 e. The van der Waals surface area contributed by atoms with Crippen LogP contribution in [0.5, 0.6) is 5.75 Å². The average Bonchev–Trinajstić information content (AvgIpc) is 2.84. The summed E-state index contributed by atoms with van der Waals surface area (Å²) in [5.74, 6) is 0.745. The van der Waals surface area contributed by atoms with E-state index in [1.165, 1.54) is 16.7 Å². The van der Waals surface area contributed by atoms with Gasteiger partial charge in [0.15, 0.2) is 0 Å². The predicted molar refractivity (Wildman–Crippen MR) is 103 cm³/mol. The molecule has 2 aromatic rings. The highest BCUT2D eigenvalue weighted by molar-refractivity contribution is 8.26. The molecule has 24 heavy (non-hydrogen) atoms. The summed E-state index contributed by atoms with van der Waals surface area (Å²) >= 11 is 6.46. The molecule has 1 heterocycles. The lowest BCUT2D eigenvalue weighted by Crippen LogP contribution is -2.22. The van der Waals surface area contributed by atoms with Gasteiger partial charge in [0.25, 0.3) is 5.91 Å². The van der Waals surface area contributed by atoms with E-state index < -0.39 is 0 Å². The van der Waals surface area contributed by atoms with Gasteiger partial charge in [0, 0.05) is 7.05 Å². The molecule has 0 N–H and O–H groups in total. The number of hydrogen-bond acceptors (Lipinski definition) is 4. The van der Waals surface area contributed by atoms with Crippen LogP contribution in [0, 0.1) is 0 Å². The van der Waals surface area contributed by atoms with Crippen molar-refractivity contribution in [3.63, 3.8) is 0 Å². The van der Waals surface area contributed by atoms with E-state index in [4.69, 9.17) is 17.0 Å². The summed E-state index contributed by atoms with van der Waals surface area (Å²) in [6.07, 6.45) is 1.83. The van der Waals surface area contributed by atoms with Crippen LogP contribution in [0.3, 0.4) is 0 Å². The van der Waals surface area contributed by atoms with Crippen molar-refractivity contribution in [3.05, 3.63) is 70.6 Å². The van der Waals surface area contributed by atoms with E-state index in [2.05, 4.69) is 0 Å². The third-order valence-electron chi connectivity index (χ3n) is 3.75. The number of ether oxygens (including phenoxy) is 1. The average molecular weight is 355 g/mol. The Morgan fingerprint density at radius 1 is 1.12 bits per heavy atom. The van der Waals surface area contributed by atoms with Crippen molar-refractivity contribution in [1.29, 1.82) is 0 Å². The van der Waals surface area contributed by atoms with Crippen LogP contribution in [0.1, 0.15) is 24.2 Å². The van der Waals surface area contributed by atoms with Crippen molar-refractivity contribution in [3.8, 4) is 5.75 Å². The fourth-order valence-corrected chi connectivity index (χ4v) is 3.52. The molecule has 0 bridgehead atoms. The molecule has 1 aliphatic rings. The first-order chi connectivity index (χ1) is 11.5. The summed E-state index contributed by atoms with van der Waals surface area (Å²) in [6, 6.07) is 17.8. The number of benzene rings is 2. The molecule has 1 unspecified atom stereocenters. The van der Waals surface area contributed by atoms with Gasteiger partial charge in [-0.05, 0) is 36.3 Å². The zero-order valence-electron chi connectivity index (χ0n) is 13.4. The number of thioether (sulfide) groups is 1. The van der Waals surface area contributed by atoms with E-state index in [0.717, 1.165) is 16.9 Å². The van der Waals surface area contributed by atoms with Crippen LogP contribution in [0.15, 0.2) is 59.5 Å². The minimum atomic E-state index is -0.0528. The minimum Gasteiger partial charge on any atom is -0.486 e. The topological polar surface area (TPSA) is 29.5 Å². The van der Waals surface area contributed by atoms with Crippen LogP contribution < -0.4 is 4.74 Å². The monoisotopic (exact) mass is 355 g/mol. The van der Waals surface area contributed by atoms with Crippen molar-refractivity contribution in [1.82, 2.24) is 4.90 Å². The molecular weight excluding hydrogens is 338 g/mol. The lowest BCUT2D eigenvalue weighted by Gasteiger charge is -2.15. The van der Waals surface area contributed by atoms with Crippen LogP contribution >= 0.6 is 24.0 Å². The number of rotatable bonds is 4. The third kappa shape index (κ3) is 3.68. The van der Waals surface area contributed by atoms with Gasteiger partial charge in [-0.25, -0.2) is 0 Å². The van der Waals surface area contributed by atoms with Gasteiger partial charge >= 0.3 is 0 Å². The summed E-state index contributed by atoms with van der Waals surface area (Å²) in [4.78, 5) is 14.2. The zero-order chi connectivity index (χ0) is 17.1. The number of thiocarbonyl (C=S) groups is 1. The van der Waals surface area contributed by atoms with Crippen LogP contribution in [-0.2, 0) is 4.79 Å². The Labute approximate surface area is 151 Å². The highest BCUT2D eigenvalue weighted by Gasteiger charge is 2.28. The van der Waals surface area contributed by atoms with E-state index in [1.54, 1.807) is 7.05 Å². The van der Waals surface area contributed by atoms with Crippen LogP contribution in [0.25, 0.3) is 6.08 Å². The smallest absolute Gasteiger partial charge is 0.265 e. The maximum atomic E-state index is 12.0. The molecule has 0 aliphatic carbocycles. The Balaban J connectivity index is 1.70. The second-order valence-corrected chi connectivity index (χ2v) is 7.16. The fourth-order valence-electron chi connectivity index (χ4n) is 2.34. The first kappa shape index (κ1) is 16.7. The number of carbonyl (C=O) groups excluding carboxylic acids is 1. The Morgan fingerprint density at radius 3 is 2.38 bits per heavy atom. The molecule has 0 aromatic heterocycles. The van der Waals surface area contributed by atoms with Crippen molar-refractivity contribution < 1.29 is 9.53 Å². The minimum absolute atomic E-state index is 0.0200. The molecule has 0 radical (unpaired) electrons. The zero-order valence-corrected chi connectivity index (χ0v) is 15.1. The lowest BCUT2D eigenvalue weighted by molar-refractivity contribution is -0.121. The molecule has 3 rings (SSSR count). The Kier molecular flexibility index (Phi) is 5.02. The van der Waals surface area contributed by atoms with Crippen LogP contribution in [-0.4, -0.2) is 22.2 Å². The molecule has 0 saturated carbocycles. The lowest BCUT2D eigenvalue weighted by atomic mass is 10.1. The largest absolute Gasteiger partial charge is 0.486 e. The van der Waals surface area contributed by atoms with Crippen LogP contribution in [0.2, 0.25) is 0 Å². The van der Waals surface area contributed by atoms with Crippen molar-refractivity contribution >= 4 is 40.3 Å². The summed E-state index contributed by atoms with van der Waals surface area (Å²) < 4.78 is 6.54. The van der Waals surface area contributed by atoms with Crippen molar-refractivity contribution in [2.45, 2.75) is 13.0 Å². The number of carbonyl (C=O) groups is 1. The van der Waals surface area contributed by atoms with Gasteiger partial charge in [-0.15, -0.1) is 0 Å². The van der Waals surface area contributed by atoms with E-state index in [9.17, 15) is 4.79 Å². The first-order valence-electron chi connectivity index (χ1n) is 7.58. The molecule has 3 nitrogen and oxygen atoms in total. The molecule has 0 spiro atoms. The van der Waals surface area contributed by atoms with Crippen molar-refractivity contribution in [2.75, 3.05) is 7.05 Å². The fraction of sp³-hybridized carbons (Fsp3) is 0.158. The number of likely N-dealkylation sites (N-methyl/N-ethyl adjacent to an activating group) is 1. The number of nitrogens with zero attached hydrogens (tertiary/aromatic N) is 1. The molecule has 2 aromatic carbocycles. The van der Waals surface area contributed by atoms with E-state index in [1.807, 2.05) is 67.6 Å². The molecular formula is C19H17NO2S2. The molecule has 1 aliphatic heterocycles. The summed E-state index contributed by atoms with van der Waals surface area (Å²) in [7, 11) is 1.69. The molecule has 1 amide bonds. The maximum absolute atomic E-state index is 12.0. The molecule has 1 atom stereocenters. The Morgan fingerprint density at radius 2 is 1.79 bits per heavy atom. The van der Waals surface area contributed by atoms with Gasteiger partial charge in [-0.1, -0.05) is 66.4 Å². The van der Waals surface area contributed by atoms with Crippen LogP contribution in [0.4, 0.5) is 0 Å². The van der Waals surface area contributed by atoms with E-state index >= 15 is 0 Å². The van der Waals surface area contributed by atoms with Gasteiger partial charge in [-0.2, -0.15) is 0 Å². The highest BCUT2D eigenvalue weighted by atomic mass is 32.2. The normalized spacial score (nSPS) is 17.4. The van der Waals surface area contributed by atoms with E-state index in [0.29, 0.717) is 9.23 Å². The summed E-state index contributed by atoms with van der Waals surface area (Å²) in [5.41, 5.74) is 2.08. The molecule has 122 valence electrons. The second kappa shape index (κ2) is 7.20. The quantitative estimate of drug-likeness (QED) is 0.589. The third-order valence-corrected chi connectivity index (χ3v) is 5.23. The van der Waals surface area contributed by atoms with Gasteiger partial charge in [0.1, 0.15) is 16.2 Å². The molecule has 1 saturated heterocycles. The SMILES string of the molecule is CC(Oc1ccc(/C=C2\SC(=S)N(C)C2=O)cc1)c1ccccc1. The van der Waals surface area contributed by atoms with Gasteiger partial charge in [-0.3, -0.25) is 9.69 Å². The van der Waals surface area contributed by atoms with Gasteiger partial charge in [0.2, 0.25) is 0 Å². The summed E-state index contributed by atoms with van der Waals surface area (Å²) in [6.45, 7) is 2.02. The van der Waals surface area contributed by atoms with Gasteiger partial charge < -0.3 is 4.74 Å². The van der Waals surface area contributed by atoms with Gasteiger partial charge in [0.05, 0.1) is 4.91 Å². The Bertz CT molecular complexity index is 785.